The third-order valence-electron chi connectivity index (χ3n) is 4.30. The van der Waals surface area contributed by atoms with Gasteiger partial charge in [0.1, 0.15) is 0 Å². The van der Waals surface area contributed by atoms with Crippen LogP contribution in [-0.2, 0) is 4.74 Å². The Balaban J connectivity index is 1.92. The lowest BCUT2D eigenvalue weighted by molar-refractivity contribution is -0.198. The maximum absolute atomic E-state index is 12.5. The number of hydrogen-bond donors (Lipinski definition) is 1. The summed E-state index contributed by atoms with van der Waals surface area (Å²) in [6, 6.07) is 0. The van der Waals surface area contributed by atoms with Crippen molar-refractivity contribution in [2.24, 2.45) is 11.8 Å². The van der Waals surface area contributed by atoms with Crippen LogP contribution in [0.4, 0.5) is 13.2 Å². The van der Waals surface area contributed by atoms with Gasteiger partial charge in [0.25, 0.3) is 0 Å². The quantitative estimate of drug-likeness (QED) is 0.777. The van der Waals surface area contributed by atoms with Crippen molar-refractivity contribution in [2.45, 2.75) is 50.3 Å². The smallest absolute Gasteiger partial charge is 0.390 e. The number of ether oxygens (including phenoxy) is 1. The molecule has 2 aliphatic rings. The predicted molar refractivity (Wildman–Crippen MR) is 56.5 cm³/mol. The summed E-state index contributed by atoms with van der Waals surface area (Å²) in [7, 11) is 0. The second-order valence-electron chi connectivity index (χ2n) is 5.31. The van der Waals surface area contributed by atoms with E-state index < -0.39 is 17.7 Å². The fraction of sp³-hybridized carbons (Fsp3) is 1.00. The molecular weight excluding hydrogens is 233 g/mol. The van der Waals surface area contributed by atoms with Crippen LogP contribution in [-0.4, -0.2) is 30.1 Å². The highest BCUT2D eigenvalue weighted by atomic mass is 19.4. The van der Waals surface area contributed by atoms with Crippen LogP contribution in [0.5, 0.6) is 0 Å². The summed E-state index contributed by atoms with van der Waals surface area (Å²) in [4.78, 5) is 0. The molecule has 2 rings (SSSR count). The SMILES string of the molecule is OC1(C2CCOCC2)CCC(C(F)(F)F)CC1. The lowest BCUT2D eigenvalue weighted by Gasteiger charge is -2.43. The van der Waals surface area contributed by atoms with E-state index in [4.69, 9.17) is 4.74 Å². The van der Waals surface area contributed by atoms with E-state index in [1.807, 2.05) is 0 Å². The van der Waals surface area contributed by atoms with Gasteiger partial charge in [0.15, 0.2) is 0 Å². The van der Waals surface area contributed by atoms with Gasteiger partial charge < -0.3 is 9.84 Å². The Bertz CT molecular complexity index is 251. The zero-order chi connectivity index (χ0) is 12.5. The molecule has 0 unspecified atom stereocenters. The Morgan fingerprint density at radius 2 is 1.53 bits per heavy atom. The van der Waals surface area contributed by atoms with Gasteiger partial charge >= 0.3 is 6.18 Å². The average Bonchev–Trinajstić information content (AvgIpc) is 2.29. The monoisotopic (exact) mass is 252 g/mol. The first-order valence-electron chi connectivity index (χ1n) is 6.29. The van der Waals surface area contributed by atoms with Gasteiger partial charge in [-0.2, -0.15) is 13.2 Å². The largest absolute Gasteiger partial charge is 0.391 e. The van der Waals surface area contributed by atoms with Gasteiger partial charge in [-0.15, -0.1) is 0 Å². The predicted octanol–water partition coefficient (Wildman–Crippen LogP) is 2.90. The van der Waals surface area contributed by atoms with E-state index in [0.717, 1.165) is 12.8 Å². The molecule has 0 radical (unpaired) electrons. The van der Waals surface area contributed by atoms with Gasteiger partial charge in [-0.25, -0.2) is 0 Å². The first-order chi connectivity index (χ1) is 7.92. The van der Waals surface area contributed by atoms with Crippen molar-refractivity contribution in [3.05, 3.63) is 0 Å². The van der Waals surface area contributed by atoms with Crippen LogP contribution in [0.25, 0.3) is 0 Å². The Morgan fingerprint density at radius 3 is 2.00 bits per heavy atom. The summed E-state index contributed by atoms with van der Waals surface area (Å²) in [5, 5.41) is 10.5. The van der Waals surface area contributed by atoms with Gasteiger partial charge in [0.2, 0.25) is 0 Å². The van der Waals surface area contributed by atoms with Crippen LogP contribution in [0.15, 0.2) is 0 Å². The van der Waals surface area contributed by atoms with Crippen LogP contribution in [0.2, 0.25) is 0 Å². The molecule has 0 aromatic carbocycles. The minimum Gasteiger partial charge on any atom is -0.390 e. The molecule has 0 aromatic heterocycles. The Morgan fingerprint density at radius 1 is 1.00 bits per heavy atom. The Kier molecular flexibility index (Phi) is 3.69. The standard InChI is InChI=1S/C12H19F3O2/c13-12(14,15)10-1-5-11(16,6-2-10)9-3-7-17-8-4-9/h9-10,16H,1-8H2. The highest BCUT2D eigenvalue weighted by molar-refractivity contribution is 4.93. The zero-order valence-electron chi connectivity index (χ0n) is 9.80. The fourth-order valence-electron chi connectivity index (χ4n) is 3.09. The molecule has 5 heteroatoms. The summed E-state index contributed by atoms with van der Waals surface area (Å²) in [6.45, 7) is 1.24. The molecule has 2 fully saturated rings. The van der Waals surface area contributed by atoms with Crippen molar-refractivity contribution in [3.63, 3.8) is 0 Å². The summed E-state index contributed by atoms with van der Waals surface area (Å²) in [5.41, 5.74) is -0.883. The van der Waals surface area contributed by atoms with Crippen LogP contribution in [0.1, 0.15) is 38.5 Å². The van der Waals surface area contributed by atoms with Crippen molar-refractivity contribution < 1.29 is 23.0 Å². The average molecular weight is 252 g/mol. The Hall–Kier alpha value is -0.290. The second-order valence-corrected chi connectivity index (χ2v) is 5.31. The molecule has 1 heterocycles. The zero-order valence-corrected chi connectivity index (χ0v) is 9.80. The molecule has 100 valence electrons. The topological polar surface area (TPSA) is 29.5 Å². The van der Waals surface area contributed by atoms with Crippen LogP contribution in [0, 0.1) is 11.8 Å². The minimum absolute atomic E-state index is 0.0668. The van der Waals surface area contributed by atoms with E-state index in [-0.39, 0.29) is 31.6 Å². The first kappa shape index (κ1) is 13.1. The summed E-state index contributed by atoms with van der Waals surface area (Å²) >= 11 is 0. The van der Waals surface area contributed by atoms with Crippen LogP contribution < -0.4 is 0 Å². The first-order valence-corrected chi connectivity index (χ1v) is 6.29. The summed E-state index contributed by atoms with van der Waals surface area (Å²) in [6.07, 6.45) is -1.87. The molecule has 0 atom stereocenters. The normalized spacial score (nSPS) is 37.1. The molecule has 0 bridgehead atoms. The maximum atomic E-state index is 12.5. The van der Waals surface area contributed by atoms with Gasteiger partial charge in [-0.1, -0.05) is 0 Å². The number of halogens is 3. The van der Waals surface area contributed by atoms with E-state index in [2.05, 4.69) is 0 Å². The van der Waals surface area contributed by atoms with Gasteiger partial charge in [-0.3, -0.25) is 0 Å². The van der Waals surface area contributed by atoms with Crippen LogP contribution in [0.3, 0.4) is 0 Å². The molecule has 1 aliphatic heterocycles. The molecule has 1 N–H and O–H groups in total. The van der Waals surface area contributed by atoms with E-state index in [1.165, 1.54) is 0 Å². The molecule has 1 saturated carbocycles. The van der Waals surface area contributed by atoms with Gasteiger partial charge in [0, 0.05) is 13.2 Å². The highest BCUT2D eigenvalue weighted by Crippen LogP contribution is 2.45. The van der Waals surface area contributed by atoms with Crippen molar-refractivity contribution in [1.29, 1.82) is 0 Å². The fourth-order valence-corrected chi connectivity index (χ4v) is 3.09. The van der Waals surface area contributed by atoms with Gasteiger partial charge in [-0.05, 0) is 44.4 Å². The van der Waals surface area contributed by atoms with Crippen molar-refractivity contribution in [3.8, 4) is 0 Å². The number of alkyl halides is 3. The van der Waals surface area contributed by atoms with E-state index in [9.17, 15) is 18.3 Å². The van der Waals surface area contributed by atoms with Crippen molar-refractivity contribution >= 4 is 0 Å². The van der Waals surface area contributed by atoms with Crippen LogP contribution >= 0.6 is 0 Å². The molecule has 1 saturated heterocycles. The number of hydrogen-bond acceptors (Lipinski definition) is 2. The number of rotatable bonds is 1. The minimum atomic E-state index is -4.10. The van der Waals surface area contributed by atoms with Gasteiger partial charge in [0.05, 0.1) is 11.5 Å². The molecule has 17 heavy (non-hydrogen) atoms. The van der Waals surface area contributed by atoms with E-state index >= 15 is 0 Å². The lowest BCUT2D eigenvalue weighted by atomic mass is 9.69. The highest BCUT2D eigenvalue weighted by Gasteiger charge is 2.47. The molecule has 0 spiro atoms. The van der Waals surface area contributed by atoms with Crippen molar-refractivity contribution in [2.75, 3.05) is 13.2 Å². The third-order valence-corrected chi connectivity index (χ3v) is 4.30. The van der Waals surface area contributed by atoms with Crippen molar-refractivity contribution in [1.82, 2.24) is 0 Å². The van der Waals surface area contributed by atoms with E-state index in [0.29, 0.717) is 13.2 Å². The maximum Gasteiger partial charge on any atom is 0.391 e. The molecule has 2 nitrogen and oxygen atoms in total. The molecule has 1 aliphatic carbocycles. The molecule has 0 amide bonds. The molecule has 0 aromatic rings. The summed E-state index contributed by atoms with van der Waals surface area (Å²) < 4.78 is 42.8. The Labute approximate surface area is 99.1 Å². The van der Waals surface area contributed by atoms with E-state index in [1.54, 1.807) is 0 Å². The molecular formula is C12H19F3O2. The lowest BCUT2D eigenvalue weighted by Crippen LogP contribution is -2.45. The second kappa shape index (κ2) is 4.76. The summed E-state index contributed by atoms with van der Waals surface area (Å²) in [5.74, 6) is -1.10. The number of aliphatic hydroxyl groups is 1. The third kappa shape index (κ3) is 2.94.